The molecule has 1 saturated carbocycles. The third kappa shape index (κ3) is 3.43. The van der Waals surface area contributed by atoms with Gasteiger partial charge in [0.15, 0.2) is 0 Å². The molecule has 0 atom stereocenters. The normalized spacial score (nSPS) is 14.3. The van der Waals surface area contributed by atoms with Crippen molar-refractivity contribution in [2.75, 3.05) is 12.4 Å². The Balaban J connectivity index is 1.96. The molecular weight excluding hydrogens is 420 g/mol. The molecule has 1 aromatic heterocycles. The molecule has 0 spiro atoms. The predicted octanol–water partition coefficient (Wildman–Crippen LogP) is 4.90. The lowest BCUT2D eigenvalue weighted by molar-refractivity contribution is 0.891. The van der Waals surface area contributed by atoms with E-state index in [0.29, 0.717) is 22.4 Å². The van der Waals surface area contributed by atoms with Gasteiger partial charge in [0.2, 0.25) is 0 Å². The molecule has 1 aliphatic rings. The van der Waals surface area contributed by atoms with Crippen LogP contribution in [0, 0.1) is 3.57 Å². The molecule has 0 saturated heterocycles. The molecule has 2 aromatic rings. The maximum atomic E-state index is 6.24. The molecule has 21 heavy (non-hydrogen) atoms. The van der Waals surface area contributed by atoms with Crippen LogP contribution in [0.25, 0.3) is 0 Å². The monoisotopic (exact) mass is 433 g/mol. The van der Waals surface area contributed by atoms with Gasteiger partial charge in [-0.05, 0) is 53.1 Å². The maximum Gasteiger partial charge on any atom is 0.143 e. The number of hydrogen-bond acceptors (Lipinski definition) is 3. The third-order valence-electron chi connectivity index (χ3n) is 3.49. The fourth-order valence-electron chi connectivity index (χ4n) is 2.22. The fraction of sp³-hybridized carbons (Fsp3) is 0.333. The van der Waals surface area contributed by atoms with Crippen molar-refractivity contribution in [2.45, 2.75) is 25.2 Å². The van der Waals surface area contributed by atoms with Crippen LogP contribution in [-0.4, -0.2) is 17.0 Å². The molecule has 3 rings (SSSR count). The second-order valence-corrected chi connectivity index (χ2v) is 7.05. The minimum absolute atomic E-state index is 0.589. The molecule has 110 valence electrons. The molecule has 6 heteroatoms. The van der Waals surface area contributed by atoms with Crippen molar-refractivity contribution in [3.8, 4) is 0 Å². The highest BCUT2D eigenvalue weighted by Gasteiger charge is 2.29. The summed E-state index contributed by atoms with van der Waals surface area (Å²) in [5.41, 5.74) is 2.15. The zero-order valence-electron chi connectivity index (χ0n) is 11.5. The number of halogens is 3. The van der Waals surface area contributed by atoms with E-state index in [2.05, 4.69) is 32.9 Å². The number of hydrogen-bond donors (Lipinski definition) is 1. The first-order chi connectivity index (χ1) is 10.1. The van der Waals surface area contributed by atoms with Gasteiger partial charge in [0, 0.05) is 29.4 Å². The summed E-state index contributed by atoms with van der Waals surface area (Å²) in [6.45, 7) is 0. The van der Waals surface area contributed by atoms with E-state index < -0.39 is 0 Å². The summed E-state index contributed by atoms with van der Waals surface area (Å²) in [4.78, 5) is 9.35. The van der Waals surface area contributed by atoms with E-state index in [4.69, 9.17) is 28.2 Å². The highest BCUT2D eigenvalue weighted by molar-refractivity contribution is 14.1. The first-order valence-electron chi connectivity index (χ1n) is 6.76. The van der Waals surface area contributed by atoms with Gasteiger partial charge < -0.3 is 5.32 Å². The average Bonchev–Trinajstić information content (AvgIpc) is 3.28. The molecule has 1 fully saturated rings. The van der Waals surface area contributed by atoms with Crippen LogP contribution in [0.3, 0.4) is 0 Å². The maximum absolute atomic E-state index is 6.24. The predicted molar refractivity (Wildman–Crippen MR) is 95.5 cm³/mol. The van der Waals surface area contributed by atoms with Crippen molar-refractivity contribution in [3.05, 3.63) is 48.9 Å². The lowest BCUT2D eigenvalue weighted by Gasteiger charge is -2.11. The second-order valence-electron chi connectivity index (χ2n) is 5.12. The van der Waals surface area contributed by atoms with Gasteiger partial charge >= 0.3 is 0 Å². The number of anilines is 1. The van der Waals surface area contributed by atoms with E-state index >= 15 is 0 Å². The molecule has 1 heterocycles. The van der Waals surface area contributed by atoms with E-state index in [1.807, 2.05) is 19.2 Å². The molecule has 3 nitrogen and oxygen atoms in total. The Morgan fingerprint density at radius 3 is 2.67 bits per heavy atom. The van der Waals surface area contributed by atoms with Crippen molar-refractivity contribution < 1.29 is 0 Å². The van der Waals surface area contributed by atoms with Gasteiger partial charge in [0.25, 0.3) is 0 Å². The molecular formula is C15H14Cl2IN3. The summed E-state index contributed by atoms with van der Waals surface area (Å²) >= 11 is 14.5. The van der Waals surface area contributed by atoms with Crippen molar-refractivity contribution in [3.63, 3.8) is 0 Å². The van der Waals surface area contributed by atoms with Crippen molar-refractivity contribution >= 4 is 51.6 Å². The van der Waals surface area contributed by atoms with Crippen LogP contribution in [-0.2, 0) is 6.42 Å². The number of aromatic nitrogens is 2. The van der Waals surface area contributed by atoms with E-state index in [9.17, 15) is 0 Å². The summed E-state index contributed by atoms with van der Waals surface area (Å²) in [6.07, 6.45) is 3.05. The smallest absolute Gasteiger partial charge is 0.143 e. The molecule has 0 unspecified atom stereocenters. The van der Waals surface area contributed by atoms with Crippen LogP contribution in [0.5, 0.6) is 0 Å². The highest BCUT2D eigenvalue weighted by atomic mass is 127. The van der Waals surface area contributed by atoms with Crippen molar-refractivity contribution in [2.24, 2.45) is 0 Å². The quantitative estimate of drug-likeness (QED) is 0.697. The van der Waals surface area contributed by atoms with Gasteiger partial charge in [0.1, 0.15) is 11.6 Å². The minimum Gasteiger partial charge on any atom is -0.372 e. The Labute approximate surface area is 147 Å². The third-order valence-corrected chi connectivity index (χ3v) is 5.14. The average molecular weight is 434 g/mol. The Morgan fingerprint density at radius 2 is 2.05 bits per heavy atom. The summed E-state index contributed by atoms with van der Waals surface area (Å²) in [6, 6.07) is 5.53. The van der Waals surface area contributed by atoms with Gasteiger partial charge in [-0.2, -0.15) is 0 Å². The van der Waals surface area contributed by atoms with Gasteiger partial charge in [0.05, 0.1) is 9.26 Å². The highest BCUT2D eigenvalue weighted by Crippen LogP contribution is 2.42. The van der Waals surface area contributed by atoms with Gasteiger partial charge in [-0.3, -0.25) is 0 Å². The summed E-state index contributed by atoms with van der Waals surface area (Å²) in [5.74, 6) is 2.28. The van der Waals surface area contributed by atoms with Crippen LogP contribution in [0.4, 0.5) is 5.82 Å². The number of rotatable bonds is 4. The van der Waals surface area contributed by atoms with E-state index in [1.165, 1.54) is 12.8 Å². The molecule has 0 aliphatic heterocycles. The van der Waals surface area contributed by atoms with Crippen LogP contribution in [0.2, 0.25) is 10.0 Å². The molecule has 1 aliphatic carbocycles. The van der Waals surface area contributed by atoms with Crippen LogP contribution >= 0.6 is 45.8 Å². The summed E-state index contributed by atoms with van der Waals surface area (Å²) in [7, 11) is 1.89. The Morgan fingerprint density at radius 1 is 1.29 bits per heavy atom. The Hall–Kier alpha value is -0.590. The van der Waals surface area contributed by atoms with Gasteiger partial charge in [-0.15, -0.1) is 0 Å². The number of nitrogens with zero attached hydrogens (tertiary/aromatic N) is 2. The fourth-order valence-corrected chi connectivity index (χ4v) is 3.65. The lowest BCUT2D eigenvalue weighted by Crippen LogP contribution is -2.07. The van der Waals surface area contributed by atoms with Crippen molar-refractivity contribution in [1.29, 1.82) is 0 Å². The van der Waals surface area contributed by atoms with Crippen molar-refractivity contribution in [1.82, 2.24) is 9.97 Å². The molecule has 0 bridgehead atoms. The topological polar surface area (TPSA) is 37.8 Å². The molecule has 0 amide bonds. The van der Waals surface area contributed by atoms with E-state index in [-0.39, 0.29) is 0 Å². The lowest BCUT2D eigenvalue weighted by atomic mass is 10.1. The van der Waals surface area contributed by atoms with Crippen LogP contribution in [0.1, 0.15) is 35.8 Å². The molecule has 0 radical (unpaired) electrons. The largest absolute Gasteiger partial charge is 0.372 e. The molecule has 1 aromatic carbocycles. The van der Waals surface area contributed by atoms with E-state index in [1.54, 1.807) is 6.07 Å². The zero-order chi connectivity index (χ0) is 15.0. The van der Waals surface area contributed by atoms with Gasteiger partial charge in [-0.1, -0.05) is 29.3 Å². The summed E-state index contributed by atoms with van der Waals surface area (Å²) < 4.78 is 1.13. The second kappa shape index (κ2) is 6.26. The number of nitrogens with one attached hydrogen (secondary N) is 1. The molecule has 1 N–H and O–H groups in total. The Bertz CT molecular complexity index is 687. The first kappa shape index (κ1) is 15.3. The Kier molecular flexibility index (Phi) is 4.57. The number of benzene rings is 1. The SMILES string of the molecule is CNc1nc(Cc2ccc(Cl)cc2Cl)nc(C2CC2)c1I. The summed E-state index contributed by atoms with van der Waals surface area (Å²) in [5, 5.41) is 4.45. The first-order valence-corrected chi connectivity index (χ1v) is 8.60. The van der Waals surface area contributed by atoms with Crippen LogP contribution < -0.4 is 5.32 Å². The van der Waals surface area contributed by atoms with E-state index in [0.717, 1.165) is 26.5 Å². The van der Waals surface area contributed by atoms with Gasteiger partial charge in [-0.25, -0.2) is 9.97 Å². The standard InChI is InChI=1S/C15H14Cl2IN3/c1-19-15-13(18)14(8-2-3-8)20-12(21-15)6-9-4-5-10(16)7-11(9)17/h4-5,7-8H,2-3,6H2,1H3,(H,19,20,21). The minimum atomic E-state index is 0.589. The zero-order valence-corrected chi connectivity index (χ0v) is 15.1. The van der Waals surface area contributed by atoms with Crippen LogP contribution in [0.15, 0.2) is 18.2 Å².